The van der Waals surface area contributed by atoms with Gasteiger partial charge in [0.1, 0.15) is 6.20 Å². The molecule has 10 heteroatoms. The van der Waals surface area contributed by atoms with Crippen LogP contribution < -0.4 is 14.9 Å². The molecule has 2 aromatic rings. The van der Waals surface area contributed by atoms with Crippen LogP contribution in [0.2, 0.25) is 0 Å². The third kappa shape index (κ3) is 3.16. The Morgan fingerprint density at radius 1 is 1.50 bits per heavy atom. The Balaban J connectivity index is 1.62. The molecule has 0 saturated heterocycles. The number of imidazole rings is 1. The molecule has 0 fully saturated rings. The van der Waals surface area contributed by atoms with Crippen molar-refractivity contribution in [1.82, 2.24) is 15.0 Å². The second-order valence-electron chi connectivity index (χ2n) is 4.91. The third-order valence-electron chi connectivity index (χ3n) is 3.32. The van der Waals surface area contributed by atoms with E-state index < -0.39 is 10.8 Å². The Labute approximate surface area is 135 Å². The SMILES string of the molecule is Cc1ncc([N+](=O)[O-])n1CC(=O)N/N=C\c1ccc2c(c1)OCO2. The average Bonchev–Trinajstić information content (AvgIpc) is 3.14. The molecule has 1 aliphatic heterocycles. The second kappa shape index (κ2) is 6.36. The Morgan fingerprint density at radius 2 is 2.29 bits per heavy atom. The van der Waals surface area contributed by atoms with Gasteiger partial charge < -0.3 is 19.6 Å². The van der Waals surface area contributed by atoms with Gasteiger partial charge in [-0.05, 0) is 28.7 Å². The molecular weight excluding hydrogens is 318 g/mol. The molecule has 0 spiro atoms. The van der Waals surface area contributed by atoms with Gasteiger partial charge in [-0.25, -0.2) is 15.0 Å². The predicted octanol–water partition coefficient (Wildman–Crippen LogP) is 0.979. The first-order valence-electron chi connectivity index (χ1n) is 6.92. The van der Waals surface area contributed by atoms with E-state index in [0.717, 1.165) is 6.20 Å². The number of amides is 1. The van der Waals surface area contributed by atoms with Gasteiger partial charge in [0.15, 0.2) is 23.9 Å². The minimum Gasteiger partial charge on any atom is -0.454 e. The van der Waals surface area contributed by atoms with Crippen LogP contribution in [0.5, 0.6) is 11.5 Å². The van der Waals surface area contributed by atoms with Gasteiger partial charge >= 0.3 is 5.82 Å². The lowest BCUT2D eigenvalue weighted by molar-refractivity contribution is -0.392. The lowest BCUT2D eigenvalue weighted by Crippen LogP contribution is -2.24. The molecule has 0 aliphatic carbocycles. The minimum absolute atomic E-state index is 0.176. The summed E-state index contributed by atoms with van der Waals surface area (Å²) >= 11 is 0. The molecule has 1 N–H and O–H groups in total. The van der Waals surface area contributed by atoms with E-state index in [4.69, 9.17) is 9.47 Å². The van der Waals surface area contributed by atoms with Gasteiger partial charge in [0.25, 0.3) is 5.91 Å². The number of aromatic nitrogens is 2. The van der Waals surface area contributed by atoms with Crippen LogP contribution in [0.25, 0.3) is 0 Å². The van der Waals surface area contributed by atoms with Crippen molar-refractivity contribution in [2.75, 3.05) is 6.79 Å². The third-order valence-corrected chi connectivity index (χ3v) is 3.32. The fraction of sp³-hybridized carbons (Fsp3) is 0.214. The van der Waals surface area contributed by atoms with Crippen LogP contribution in [0.15, 0.2) is 29.5 Å². The minimum atomic E-state index is -0.594. The van der Waals surface area contributed by atoms with Gasteiger partial charge in [0, 0.05) is 6.92 Å². The first kappa shape index (κ1) is 15.5. The second-order valence-corrected chi connectivity index (χ2v) is 4.91. The monoisotopic (exact) mass is 331 g/mol. The van der Waals surface area contributed by atoms with Crippen molar-refractivity contribution in [2.24, 2.45) is 5.10 Å². The van der Waals surface area contributed by atoms with Gasteiger partial charge in [0.2, 0.25) is 6.79 Å². The Morgan fingerprint density at radius 3 is 3.08 bits per heavy atom. The maximum Gasteiger partial charge on any atom is 0.343 e. The van der Waals surface area contributed by atoms with E-state index >= 15 is 0 Å². The van der Waals surface area contributed by atoms with Crippen LogP contribution in [-0.2, 0) is 11.3 Å². The van der Waals surface area contributed by atoms with Gasteiger partial charge in [-0.15, -0.1) is 0 Å². The number of hydrogen-bond donors (Lipinski definition) is 1. The zero-order chi connectivity index (χ0) is 17.1. The molecule has 10 nitrogen and oxygen atoms in total. The topological polar surface area (TPSA) is 121 Å². The number of carbonyl (C=O) groups excluding carboxylic acids is 1. The summed E-state index contributed by atoms with van der Waals surface area (Å²) in [5, 5.41) is 14.7. The number of hydrazone groups is 1. The number of benzene rings is 1. The van der Waals surface area contributed by atoms with E-state index in [-0.39, 0.29) is 19.2 Å². The zero-order valence-electron chi connectivity index (χ0n) is 12.6. The highest BCUT2D eigenvalue weighted by Crippen LogP contribution is 2.31. The quantitative estimate of drug-likeness (QED) is 0.495. The van der Waals surface area contributed by atoms with E-state index in [1.54, 1.807) is 25.1 Å². The van der Waals surface area contributed by atoms with Gasteiger partial charge in [-0.2, -0.15) is 5.10 Å². The first-order chi connectivity index (χ1) is 11.5. The Bertz CT molecular complexity index is 829. The number of hydrogen-bond acceptors (Lipinski definition) is 7. The molecule has 1 amide bonds. The summed E-state index contributed by atoms with van der Waals surface area (Å²) < 4.78 is 11.6. The van der Waals surface area contributed by atoms with E-state index in [2.05, 4.69) is 15.5 Å². The van der Waals surface area contributed by atoms with Crippen LogP contribution in [0.4, 0.5) is 5.82 Å². The van der Waals surface area contributed by atoms with Crippen LogP contribution in [0, 0.1) is 17.0 Å². The van der Waals surface area contributed by atoms with Crippen LogP contribution >= 0.6 is 0 Å². The van der Waals surface area contributed by atoms with E-state index in [9.17, 15) is 14.9 Å². The average molecular weight is 331 g/mol. The zero-order valence-corrected chi connectivity index (χ0v) is 12.6. The first-order valence-corrected chi connectivity index (χ1v) is 6.92. The summed E-state index contributed by atoms with van der Waals surface area (Å²) in [6, 6.07) is 5.22. The number of ether oxygens (including phenoxy) is 2. The summed E-state index contributed by atoms with van der Waals surface area (Å²) in [6.07, 6.45) is 2.55. The fourth-order valence-corrected chi connectivity index (χ4v) is 2.15. The molecule has 1 aliphatic rings. The molecule has 0 bridgehead atoms. The summed E-state index contributed by atoms with van der Waals surface area (Å²) in [5.74, 6) is 0.879. The number of nitro groups is 1. The molecule has 0 atom stereocenters. The van der Waals surface area contributed by atoms with Gasteiger partial charge in [-0.3, -0.25) is 4.79 Å². The summed E-state index contributed by atoms with van der Waals surface area (Å²) in [5.41, 5.74) is 3.03. The highest BCUT2D eigenvalue weighted by atomic mass is 16.7. The standard InChI is InChI=1S/C14H13N5O5/c1-9-15-6-14(19(21)22)18(9)7-13(20)17-16-5-10-2-3-11-12(4-10)24-8-23-11/h2-6H,7-8H2,1H3,(H,17,20)/b16-5-. The van der Waals surface area contributed by atoms with Crippen molar-refractivity contribution in [1.29, 1.82) is 0 Å². The molecule has 24 heavy (non-hydrogen) atoms. The Hall–Kier alpha value is -3.43. The van der Waals surface area contributed by atoms with E-state index in [1.807, 2.05) is 0 Å². The smallest absolute Gasteiger partial charge is 0.343 e. The van der Waals surface area contributed by atoms with Gasteiger partial charge in [0.05, 0.1) is 6.21 Å². The molecule has 1 aromatic heterocycles. The summed E-state index contributed by atoms with van der Waals surface area (Å²) in [6.45, 7) is 1.51. The van der Waals surface area contributed by atoms with Crippen molar-refractivity contribution in [2.45, 2.75) is 13.5 Å². The van der Waals surface area contributed by atoms with Crippen LogP contribution in [0.3, 0.4) is 0 Å². The number of rotatable bonds is 5. The van der Waals surface area contributed by atoms with Crippen LogP contribution in [-0.4, -0.2) is 33.4 Å². The number of fused-ring (bicyclic) bond motifs is 1. The van der Waals surface area contributed by atoms with Crippen molar-refractivity contribution >= 4 is 17.9 Å². The van der Waals surface area contributed by atoms with E-state index in [1.165, 1.54) is 10.8 Å². The van der Waals surface area contributed by atoms with Gasteiger partial charge in [-0.1, -0.05) is 0 Å². The highest BCUT2D eigenvalue weighted by Gasteiger charge is 2.20. The highest BCUT2D eigenvalue weighted by molar-refractivity contribution is 5.83. The number of aryl methyl sites for hydroxylation is 1. The molecule has 0 radical (unpaired) electrons. The van der Waals surface area contributed by atoms with Crippen molar-refractivity contribution in [3.05, 3.63) is 45.9 Å². The maximum atomic E-state index is 11.9. The molecule has 1 aromatic carbocycles. The molecule has 0 saturated carbocycles. The summed E-state index contributed by atoms with van der Waals surface area (Å²) in [4.78, 5) is 26.0. The normalized spacial score (nSPS) is 12.5. The largest absolute Gasteiger partial charge is 0.454 e. The van der Waals surface area contributed by atoms with Crippen LogP contribution in [0.1, 0.15) is 11.4 Å². The predicted molar refractivity (Wildman–Crippen MR) is 81.9 cm³/mol. The molecule has 0 unspecified atom stereocenters. The Kier molecular flexibility index (Phi) is 4.10. The van der Waals surface area contributed by atoms with Crippen molar-refractivity contribution < 1.29 is 19.2 Å². The maximum absolute atomic E-state index is 11.9. The van der Waals surface area contributed by atoms with Crippen molar-refractivity contribution in [3.63, 3.8) is 0 Å². The van der Waals surface area contributed by atoms with Crippen molar-refractivity contribution in [3.8, 4) is 11.5 Å². The molecule has 3 rings (SSSR count). The number of carbonyl (C=O) groups is 1. The number of nitrogens with one attached hydrogen (secondary N) is 1. The lowest BCUT2D eigenvalue weighted by atomic mass is 10.2. The summed E-state index contributed by atoms with van der Waals surface area (Å²) in [7, 11) is 0. The van der Waals surface area contributed by atoms with E-state index in [0.29, 0.717) is 22.9 Å². The molecule has 124 valence electrons. The fourth-order valence-electron chi connectivity index (χ4n) is 2.15. The molecule has 2 heterocycles. The number of nitrogens with zero attached hydrogens (tertiary/aromatic N) is 4. The molecular formula is C14H13N5O5. The lowest BCUT2D eigenvalue weighted by Gasteiger charge is -2.02.